The van der Waals surface area contributed by atoms with Crippen LogP contribution in [0.1, 0.15) is 61.7 Å². The molecular weight excluding hydrogens is 750 g/mol. The Balaban J connectivity index is 1.16. The first-order valence-corrected chi connectivity index (χ1v) is 19.4. The molecule has 6 aliphatic rings. The minimum Gasteiger partial charge on any atom is -0.504 e. The van der Waals surface area contributed by atoms with Gasteiger partial charge in [-0.05, 0) is 42.2 Å². The molecule has 0 radical (unpaired) electrons. The molecule has 0 saturated carbocycles. The molecule has 0 aromatic heterocycles. The summed E-state index contributed by atoms with van der Waals surface area (Å²) in [6.45, 7) is 0.900. The first kappa shape index (κ1) is 38.2. The summed E-state index contributed by atoms with van der Waals surface area (Å²) < 4.78 is 25.3. The van der Waals surface area contributed by atoms with Crippen LogP contribution in [0.3, 0.4) is 0 Å². The van der Waals surface area contributed by atoms with Gasteiger partial charge in [0.15, 0.2) is 23.1 Å². The number of amides is 1. The zero-order chi connectivity index (χ0) is 40.2. The molecular formula is C41H45N7O10. The molecule has 9 atom stereocenters. The molecule has 9 rings (SSSR count). The molecule has 1 amide bonds. The van der Waals surface area contributed by atoms with Gasteiger partial charge < -0.3 is 55.5 Å². The number of para-hydroxylation sites is 1. The third-order valence-electron chi connectivity index (χ3n) is 11.7. The number of carbonyl (C=O) groups is 3. The quantitative estimate of drug-likeness (QED) is 0.121. The molecule has 0 unspecified atom stereocenters. The van der Waals surface area contributed by atoms with Crippen LogP contribution in [0.4, 0.5) is 5.69 Å². The molecule has 5 aliphatic heterocycles. The fourth-order valence-corrected chi connectivity index (χ4v) is 8.79. The number of phenolic OH excluding ortho intramolecular Hbond substituents is 1. The predicted molar refractivity (Wildman–Crippen MR) is 206 cm³/mol. The zero-order valence-corrected chi connectivity index (χ0v) is 31.3. The van der Waals surface area contributed by atoms with Crippen molar-refractivity contribution < 1.29 is 48.7 Å². The standard InChI is InChI=1S/C41H45N7O10/c42-28-15-19(9-12-44-28)10-14-56-37-35(53)33(51)27-17-55-13-11-20(21-5-3-4-8-26(21)48-18-45-30-38(48)46-41(43)47-39(30)54)24-16-25-29(34(52)36(24)58-40(37)57-27)32(50)23-7-2-1-6-22(23)31(25)49/h1-9,15-16,20,27,30,33,35,37-38,40-41,44-46,51-53H,10-14,17-18,42-43H2,(H,47,54)/t20-,27+,30-,33+,35-,37+,38+,40-,41+/m1/s1. The van der Waals surface area contributed by atoms with Crippen molar-refractivity contribution in [2.24, 2.45) is 11.5 Å². The number of anilines is 1. The van der Waals surface area contributed by atoms with Crippen LogP contribution in [-0.4, -0.2) is 115 Å². The highest BCUT2D eigenvalue weighted by Gasteiger charge is 2.49. The van der Waals surface area contributed by atoms with Gasteiger partial charge in [0.25, 0.3) is 0 Å². The summed E-state index contributed by atoms with van der Waals surface area (Å²) >= 11 is 0. The first-order chi connectivity index (χ1) is 28.1. The van der Waals surface area contributed by atoms with E-state index in [9.17, 15) is 29.7 Å². The number of allylic oxidation sites excluding steroid dienone is 1. The fraction of sp³-hybridized carbons (Fsp3) is 0.390. The van der Waals surface area contributed by atoms with E-state index < -0.39 is 72.4 Å². The summed E-state index contributed by atoms with van der Waals surface area (Å²) in [5.41, 5.74) is 14.9. The Morgan fingerprint density at radius 2 is 1.74 bits per heavy atom. The SMILES string of the molecule is NC1=CC(CCO[C@@H]2[C@H]3Oc4c(cc5c(c4O)C(=O)c4ccccc4C5=O)[C@@H](c4ccccc4N4CN[C@H]5C(=O)N[C@@H](N)N[C@H]54)CCOC[C@H](O3)[C@H](O)[C@H]2O)=CCN1. The third kappa shape index (κ3) is 6.68. The van der Waals surface area contributed by atoms with E-state index in [1.54, 1.807) is 30.3 Å². The van der Waals surface area contributed by atoms with E-state index in [0.717, 1.165) is 16.8 Å². The fourth-order valence-electron chi connectivity index (χ4n) is 8.79. The highest BCUT2D eigenvalue weighted by molar-refractivity contribution is 6.29. The summed E-state index contributed by atoms with van der Waals surface area (Å²) in [5, 5.41) is 47.3. The highest BCUT2D eigenvalue weighted by Crippen LogP contribution is 2.49. The van der Waals surface area contributed by atoms with Gasteiger partial charge >= 0.3 is 0 Å². The van der Waals surface area contributed by atoms with Crippen LogP contribution in [-0.2, 0) is 19.0 Å². The number of aliphatic hydroxyl groups is 2. The van der Waals surface area contributed by atoms with Crippen molar-refractivity contribution in [3.8, 4) is 11.5 Å². The number of ether oxygens (including phenoxy) is 4. The Labute approximate surface area is 332 Å². The zero-order valence-electron chi connectivity index (χ0n) is 31.3. The van der Waals surface area contributed by atoms with Gasteiger partial charge in [0.05, 0.1) is 31.3 Å². The molecule has 0 spiro atoms. The van der Waals surface area contributed by atoms with Crippen LogP contribution < -0.4 is 42.4 Å². The number of aromatic hydroxyl groups is 1. The van der Waals surface area contributed by atoms with Crippen LogP contribution in [0, 0.1) is 0 Å². The Morgan fingerprint density at radius 3 is 2.55 bits per heavy atom. The monoisotopic (exact) mass is 795 g/mol. The summed E-state index contributed by atoms with van der Waals surface area (Å²) in [7, 11) is 0. The van der Waals surface area contributed by atoms with Crippen LogP contribution in [0.25, 0.3) is 0 Å². The van der Waals surface area contributed by atoms with Crippen LogP contribution in [0.15, 0.2) is 78.1 Å². The number of nitrogens with two attached hydrogens (primary N) is 2. The summed E-state index contributed by atoms with van der Waals surface area (Å²) in [4.78, 5) is 43.3. The van der Waals surface area contributed by atoms with E-state index in [-0.39, 0.29) is 66.8 Å². The molecule has 304 valence electrons. The van der Waals surface area contributed by atoms with Crippen LogP contribution in [0.5, 0.6) is 11.5 Å². The number of benzene rings is 3. The largest absolute Gasteiger partial charge is 0.504 e. The van der Waals surface area contributed by atoms with Gasteiger partial charge in [0, 0.05) is 47.0 Å². The maximum Gasteiger partial charge on any atom is 0.242 e. The number of hydrogen-bond donors (Lipinski definition) is 9. The smallest absolute Gasteiger partial charge is 0.242 e. The molecule has 2 bridgehead atoms. The number of phenols is 1. The second-order valence-corrected chi connectivity index (χ2v) is 15.1. The molecule has 3 fully saturated rings. The van der Waals surface area contributed by atoms with Gasteiger partial charge in [0.2, 0.25) is 12.2 Å². The van der Waals surface area contributed by atoms with Gasteiger partial charge in [-0.25, -0.2) is 0 Å². The van der Waals surface area contributed by atoms with Crippen molar-refractivity contribution in [1.82, 2.24) is 21.3 Å². The maximum absolute atomic E-state index is 14.2. The van der Waals surface area contributed by atoms with E-state index in [2.05, 4.69) is 21.3 Å². The summed E-state index contributed by atoms with van der Waals surface area (Å²) in [6.07, 6.45) is -3.58. The minimum absolute atomic E-state index is 0.00501. The van der Waals surface area contributed by atoms with Crippen LogP contribution in [0.2, 0.25) is 0 Å². The number of aliphatic hydroxyl groups excluding tert-OH is 2. The van der Waals surface area contributed by atoms with Crippen molar-refractivity contribution in [2.45, 2.75) is 68.0 Å². The lowest BCUT2D eigenvalue weighted by Crippen LogP contribution is -2.70. The Hall–Kier alpha value is -5.37. The van der Waals surface area contributed by atoms with Crippen molar-refractivity contribution in [3.05, 3.63) is 112 Å². The minimum atomic E-state index is -1.51. The van der Waals surface area contributed by atoms with Gasteiger partial charge in [-0.3, -0.25) is 30.8 Å². The number of rotatable bonds is 6. The maximum atomic E-state index is 14.2. The summed E-state index contributed by atoms with van der Waals surface area (Å²) in [5.74, 6) is -2.16. The number of nitrogens with zero attached hydrogens (tertiary/aromatic N) is 1. The molecule has 17 nitrogen and oxygen atoms in total. The molecule has 5 heterocycles. The Bertz CT molecular complexity index is 2210. The van der Waals surface area contributed by atoms with Gasteiger partial charge in [-0.1, -0.05) is 48.5 Å². The molecule has 3 aromatic rings. The molecule has 1 aliphatic carbocycles. The van der Waals surface area contributed by atoms with Gasteiger partial charge in [0.1, 0.15) is 42.9 Å². The normalized spacial score (nSPS) is 30.6. The average molecular weight is 796 g/mol. The lowest BCUT2D eigenvalue weighted by Gasteiger charge is -2.42. The van der Waals surface area contributed by atoms with Crippen molar-refractivity contribution in [2.75, 3.05) is 37.9 Å². The van der Waals surface area contributed by atoms with E-state index in [1.165, 1.54) is 6.07 Å². The summed E-state index contributed by atoms with van der Waals surface area (Å²) in [6, 6.07) is 14.9. The molecule has 17 heteroatoms. The van der Waals surface area contributed by atoms with E-state index in [0.29, 0.717) is 24.4 Å². The second-order valence-electron chi connectivity index (χ2n) is 15.1. The number of hydrogen-bond acceptors (Lipinski definition) is 16. The first-order valence-electron chi connectivity index (χ1n) is 19.4. The Kier molecular flexibility index (Phi) is 10.1. The number of dihydropyridines is 1. The topological polar surface area (TPSA) is 252 Å². The molecule has 58 heavy (non-hydrogen) atoms. The predicted octanol–water partition coefficient (Wildman–Crippen LogP) is -0.326. The third-order valence-corrected chi connectivity index (χ3v) is 11.7. The van der Waals surface area contributed by atoms with Crippen molar-refractivity contribution >= 4 is 23.2 Å². The van der Waals surface area contributed by atoms with E-state index >= 15 is 0 Å². The molecule has 11 N–H and O–H groups in total. The van der Waals surface area contributed by atoms with Crippen LogP contribution >= 0.6 is 0 Å². The van der Waals surface area contributed by atoms with Gasteiger partial charge in [-0.15, -0.1) is 0 Å². The van der Waals surface area contributed by atoms with Crippen molar-refractivity contribution in [3.63, 3.8) is 0 Å². The highest BCUT2D eigenvalue weighted by atomic mass is 16.7. The van der Waals surface area contributed by atoms with Crippen molar-refractivity contribution in [1.29, 1.82) is 0 Å². The molecule has 3 saturated heterocycles. The van der Waals surface area contributed by atoms with E-state index in [4.69, 9.17) is 30.4 Å². The molecule has 3 aromatic carbocycles. The lowest BCUT2D eigenvalue weighted by atomic mass is 9.79. The number of fused-ring (bicyclic) bond motifs is 6. The second kappa shape index (κ2) is 15.4. The number of carbonyl (C=O) groups excluding carboxylic acids is 3. The van der Waals surface area contributed by atoms with E-state index in [1.807, 2.05) is 35.2 Å². The van der Waals surface area contributed by atoms with Gasteiger partial charge in [-0.2, -0.15) is 0 Å². The lowest BCUT2D eigenvalue weighted by molar-refractivity contribution is -0.289. The average Bonchev–Trinajstić information content (AvgIpc) is 3.63. The number of nitrogens with one attached hydrogen (secondary N) is 4. The Morgan fingerprint density at radius 1 is 0.966 bits per heavy atom. The number of ketones is 2.